The Balaban J connectivity index is 1.50. The van der Waals surface area contributed by atoms with Gasteiger partial charge in [0, 0.05) is 23.3 Å². The van der Waals surface area contributed by atoms with Gasteiger partial charge < -0.3 is 10.6 Å². The third-order valence-electron chi connectivity index (χ3n) is 4.55. The van der Waals surface area contributed by atoms with E-state index in [-0.39, 0.29) is 5.91 Å². The van der Waals surface area contributed by atoms with Crippen LogP contribution in [0, 0.1) is 11.8 Å². The Labute approximate surface area is 121 Å². The predicted molar refractivity (Wildman–Crippen MR) is 81.9 cm³/mol. The lowest BCUT2D eigenvalue weighted by Crippen LogP contribution is -2.37. The summed E-state index contributed by atoms with van der Waals surface area (Å²) in [5, 5.41) is 6.56. The first-order chi connectivity index (χ1) is 9.61. The molecule has 2 aliphatic rings. The zero-order valence-electron chi connectivity index (χ0n) is 12.4. The number of amides is 1. The molecule has 0 radical (unpaired) electrons. The Morgan fingerprint density at radius 3 is 2.30 bits per heavy atom. The van der Waals surface area contributed by atoms with Gasteiger partial charge in [0.25, 0.3) is 5.91 Å². The molecule has 2 N–H and O–H groups in total. The molecule has 0 unspecified atom stereocenters. The van der Waals surface area contributed by atoms with Gasteiger partial charge in [-0.3, -0.25) is 4.79 Å². The molecule has 2 saturated carbocycles. The number of benzene rings is 1. The lowest BCUT2D eigenvalue weighted by molar-refractivity contribution is 0.0951. The fourth-order valence-corrected chi connectivity index (χ4v) is 2.77. The van der Waals surface area contributed by atoms with Crippen molar-refractivity contribution >= 4 is 11.6 Å². The minimum absolute atomic E-state index is 0.0579. The Morgan fingerprint density at radius 2 is 1.75 bits per heavy atom. The highest BCUT2D eigenvalue weighted by molar-refractivity contribution is 5.94. The Bertz CT molecular complexity index is 470. The number of hydrogen-bond acceptors (Lipinski definition) is 2. The van der Waals surface area contributed by atoms with Crippen molar-refractivity contribution in [3.05, 3.63) is 29.8 Å². The number of hydrogen-bond donors (Lipinski definition) is 2. The molecule has 20 heavy (non-hydrogen) atoms. The van der Waals surface area contributed by atoms with Crippen LogP contribution in [0.4, 0.5) is 5.69 Å². The van der Waals surface area contributed by atoms with Crippen LogP contribution in [0.15, 0.2) is 24.3 Å². The molecular weight excluding hydrogens is 248 g/mol. The molecule has 1 aromatic carbocycles. The minimum atomic E-state index is 0.0579. The van der Waals surface area contributed by atoms with Crippen LogP contribution in [0.2, 0.25) is 0 Å². The molecule has 0 saturated heterocycles. The molecule has 108 valence electrons. The van der Waals surface area contributed by atoms with Crippen LogP contribution in [0.5, 0.6) is 0 Å². The summed E-state index contributed by atoms with van der Waals surface area (Å²) in [6.45, 7) is 4.60. The Morgan fingerprint density at radius 1 is 1.10 bits per heavy atom. The largest absolute Gasteiger partial charge is 0.382 e. The molecule has 3 heteroatoms. The van der Waals surface area contributed by atoms with E-state index in [1.54, 1.807) is 0 Å². The first-order valence-electron chi connectivity index (χ1n) is 7.79. The number of carbonyl (C=O) groups excluding carboxylic acids is 1. The quantitative estimate of drug-likeness (QED) is 0.862. The third kappa shape index (κ3) is 3.14. The van der Waals surface area contributed by atoms with Gasteiger partial charge in [-0.25, -0.2) is 0 Å². The molecule has 0 atom stereocenters. The van der Waals surface area contributed by atoms with E-state index in [2.05, 4.69) is 24.5 Å². The van der Waals surface area contributed by atoms with Gasteiger partial charge in [0.05, 0.1) is 0 Å². The molecule has 0 bridgehead atoms. The van der Waals surface area contributed by atoms with E-state index in [4.69, 9.17) is 0 Å². The fourth-order valence-electron chi connectivity index (χ4n) is 2.77. The van der Waals surface area contributed by atoms with E-state index in [9.17, 15) is 4.79 Å². The summed E-state index contributed by atoms with van der Waals surface area (Å²) in [4.78, 5) is 11.9. The predicted octanol–water partition coefficient (Wildman–Crippen LogP) is 3.43. The molecule has 3 nitrogen and oxygen atoms in total. The number of rotatable bonds is 5. The van der Waals surface area contributed by atoms with Crippen LogP contribution in [0.3, 0.4) is 0 Å². The van der Waals surface area contributed by atoms with Crippen LogP contribution in [-0.2, 0) is 0 Å². The average Bonchev–Trinajstić information content (AvgIpc) is 3.17. The van der Waals surface area contributed by atoms with Gasteiger partial charge in [-0.05, 0) is 61.8 Å². The summed E-state index contributed by atoms with van der Waals surface area (Å²) in [5.41, 5.74) is 1.89. The van der Waals surface area contributed by atoms with Crippen LogP contribution in [0.1, 0.15) is 49.9 Å². The monoisotopic (exact) mass is 272 g/mol. The summed E-state index contributed by atoms with van der Waals surface area (Å²) in [6, 6.07) is 8.89. The summed E-state index contributed by atoms with van der Waals surface area (Å²) >= 11 is 0. The van der Waals surface area contributed by atoms with E-state index in [0.29, 0.717) is 12.1 Å². The van der Waals surface area contributed by atoms with Gasteiger partial charge in [-0.1, -0.05) is 13.8 Å². The van der Waals surface area contributed by atoms with Crippen molar-refractivity contribution in [2.24, 2.45) is 11.8 Å². The minimum Gasteiger partial charge on any atom is -0.382 e. The lowest BCUT2D eigenvalue weighted by Gasteiger charge is -2.39. The number of carbonyl (C=O) groups is 1. The van der Waals surface area contributed by atoms with Crippen molar-refractivity contribution in [3.8, 4) is 0 Å². The second-order valence-electron chi connectivity index (χ2n) is 6.64. The molecule has 1 aromatic rings. The van der Waals surface area contributed by atoms with Crippen molar-refractivity contribution in [1.82, 2.24) is 5.32 Å². The second-order valence-corrected chi connectivity index (χ2v) is 6.64. The molecule has 0 aromatic heterocycles. The lowest BCUT2D eigenvalue weighted by atomic mass is 9.73. The number of nitrogens with one attached hydrogen (secondary N) is 2. The van der Waals surface area contributed by atoms with Crippen LogP contribution >= 0.6 is 0 Å². The SMILES string of the molecule is CC(C)C1CC(Nc2ccc(C(=O)NC3CC3)cc2)C1. The van der Waals surface area contributed by atoms with Crippen LogP contribution in [-0.4, -0.2) is 18.0 Å². The van der Waals surface area contributed by atoms with Gasteiger partial charge in [0.1, 0.15) is 0 Å². The van der Waals surface area contributed by atoms with Crippen LogP contribution < -0.4 is 10.6 Å². The molecule has 3 rings (SSSR count). The first kappa shape index (κ1) is 13.5. The number of anilines is 1. The topological polar surface area (TPSA) is 41.1 Å². The van der Waals surface area contributed by atoms with E-state index < -0.39 is 0 Å². The van der Waals surface area contributed by atoms with Gasteiger partial charge in [-0.2, -0.15) is 0 Å². The Hall–Kier alpha value is -1.51. The average molecular weight is 272 g/mol. The van der Waals surface area contributed by atoms with Gasteiger partial charge in [0.15, 0.2) is 0 Å². The Kier molecular flexibility index (Phi) is 3.68. The summed E-state index contributed by atoms with van der Waals surface area (Å²) in [7, 11) is 0. The highest BCUT2D eigenvalue weighted by Crippen LogP contribution is 2.35. The maximum absolute atomic E-state index is 11.9. The maximum atomic E-state index is 11.9. The van der Waals surface area contributed by atoms with Crippen molar-refractivity contribution in [1.29, 1.82) is 0 Å². The zero-order chi connectivity index (χ0) is 14.1. The van der Waals surface area contributed by atoms with Gasteiger partial charge >= 0.3 is 0 Å². The maximum Gasteiger partial charge on any atom is 0.251 e. The normalized spacial score (nSPS) is 25.1. The molecule has 0 heterocycles. The smallest absolute Gasteiger partial charge is 0.251 e. The van der Waals surface area contributed by atoms with Gasteiger partial charge in [-0.15, -0.1) is 0 Å². The van der Waals surface area contributed by atoms with Crippen molar-refractivity contribution in [2.45, 2.75) is 51.6 Å². The van der Waals surface area contributed by atoms with Crippen molar-refractivity contribution < 1.29 is 4.79 Å². The standard InChI is InChI=1S/C17H24N2O/c1-11(2)13-9-16(10-13)18-14-5-3-12(4-6-14)17(20)19-15-7-8-15/h3-6,11,13,15-16,18H,7-10H2,1-2H3,(H,19,20). The summed E-state index contributed by atoms with van der Waals surface area (Å²) < 4.78 is 0. The molecule has 1 amide bonds. The fraction of sp³-hybridized carbons (Fsp3) is 0.588. The summed E-state index contributed by atoms with van der Waals surface area (Å²) in [5.74, 6) is 1.72. The third-order valence-corrected chi connectivity index (χ3v) is 4.55. The molecular formula is C17H24N2O. The second kappa shape index (κ2) is 5.47. The molecule has 2 aliphatic carbocycles. The highest BCUT2D eigenvalue weighted by Gasteiger charge is 2.30. The van der Waals surface area contributed by atoms with Gasteiger partial charge in [0.2, 0.25) is 0 Å². The highest BCUT2D eigenvalue weighted by atomic mass is 16.1. The van der Waals surface area contributed by atoms with E-state index in [1.807, 2.05) is 24.3 Å². The zero-order valence-corrected chi connectivity index (χ0v) is 12.4. The van der Waals surface area contributed by atoms with Crippen LogP contribution in [0.25, 0.3) is 0 Å². The molecule has 2 fully saturated rings. The first-order valence-corrected chi connectivity index (χ1v) is 7.79. The molecule has 0 spiro atoms. The van der Waals surface area contributed by atoms with E-state index in [0.717, 1.165) is 35.9 Å². The molecule has 0 aliphatic heterocycles. The van der Waals surface area contributed by atoms with Crippen molar-refractivity contribution in [3.63, 3.8) is 0 Å². The van der Waals surface area contributed by atoms with Crippen molar-refractivity contribution in [2.75, 3.05) is 5.32 Å². The summed E-state index contributed by atoms with van der Waals surface area (Å²) in [6.07, 6.45) is 4.79. The van der Waals surface area contributed by atoms with E-state index >= 15 is 0 Å². The van der Waals surface area contributed by atoms with E-state index in [1.165, 1.54) is 12.8 Å².